The lowest BCUT2D eigenvalue weighted by Crippen LogP contribution is -2.22. The molecule has 0 fully saturated rings. The molecule has 0 aromatic heterocycles. The minimum absolute atomic E-state index is 0.0952. The number of hydrogen-bond acceptors (Lipinski definition) is 5. The first-order valence-electron chi connectivity index (χ1n) is 5.57. The van der Waals surface area contributed by atoms with E-state index < -0.39 is 11.9 Å². The van der Waals surface area contributed by atoms with Crippen LogP contribution in [0.25, 0.3) is 0 Å². The van der Waals surface area contributed by atoms with Crippen LogP contribution in [-0.2, 0) is 0 Å². The van der Waals surface area contributed by atoms with Crippen molar-refractivity contribution >= 4 is 33.5 Å². The van der Waals surface area contributed by atoms with Crippen molar-refractivity contribution in [3.05, 3.63) is 59.7 Å². The van der Waals surface area contributed by atoms with Gasteiger partial charge in [0.05, 0.1) is 11.5 Å². The van der Waals surface area contributed by atoms with Crippen molar-refractivity contribution in [1.82, 2.24) is 0 Å². The van der Waals surface area contributed by atoms with Crippen molar-refractivity contribution in [3.63, 3.8) is 0 Å². The third-order valence-corrected chi connectivity index (χ3v) is 4.93. The van der Waals surface area contributed by atoms with Crippen molar-refractivity contribution in [2.45, 2.75) is 9.79 Å². The van der Waals surface area contributed by atoms with Gasteiger partial charge in [-0.3, -0.25) is 0 Å². The van der Waals surface area contributed by atoms with Gasteiger partial charge in [0.1, 0.15) is 0 Å². The highest BCUT2D eigenvalue weighted by atomic mass is 33.1. The number of aromatic carboxylic acids is 2. The van der Waals surface area contributed by atoms with Gasteiger partial charge in [0.15, 0.2) is 0 Å². The first kappa shape index (κ1) is 14.5. The van der Waals surface area contributed by atoms with Gasteiger partial charge in [0.25, 0.3) is 0 Å². The Hall–Kier alpha value is -1.92. The monoisotopic (exact) mass is 305 g/mol. The highest BCUT2D eigenvalue weighted by Gasteiger charge is 2.11. The Morgan fingerprint density at radius 3 is 1.80 bits per heavy atom. The average Bonchev–Trinajstić information content (AvgIpc) is 2.45. The molecule has 0 saturated carbocycles. The van der Waals surface area contributed by atoms with Crippen molar-refractivity contribution in [2.24, 2.45) is 0 Å². The normalized spacial score (nSPS) is 10.2. The second-order valence-electron chi connectivity index (χ2n) is 3.75. The molecule has 4 nitrogen and oxygen atoms in total. The molecule has 0 aliphatic rings. The van der Waals surface area contributed by atoms with Crippen LogP contribution in [0.5, 0.6) is 0 Å². The SMILES string of the molecule is O=C([O-])c1ccccc1SSc1ccccc1C(=O)O. The van der Waals surface area contributed by atoms with E-state index in [0.717, 1.165) is 0 Å². The van der Waals surface area contributed by atoms with E-state index in [1.807, 2.05) is 0 Å². The molecule has 0 aliphatic carbocycles. The Labute approximate surface area is 123 Å². The summed E-state index contributed by atoms with van der Waals surface area (Å²) in [6.07, 6.45) is 0. The number of carbonyl (C=O) groups is 2. The van der Waals surface area contributed by atoms with E-state index in [9.17, 15) is 14.7 Å². The van der Waals surface area contributed by atoms with Crippen LogP contribution < -0.4 is 5.11 Å². The molecule has 6 heteroatoms. The van der Waals surface area contributed by atoms with Crippen molar-refractivity contribution < 1.29 is 19.8 Å². The zero-order valence-electron chi connectivity index (χ0n) is 10.1. The molecule has 2 aromatic carbocycles. The molecule has 0 spiro atoms. The van der Waals surface area contributed by atoms with E-state index in [1.165, 1.54) is 33.7 Å². The summed E-state index contributed by atoms with van der Waals surface area (Å²) >= 11 is 0. The zero-order chi connectivity index (χ0) is 14.5. The molecule has 0 unspecified atom stereocenters. The fourth-order valence-corrected chi connectivity index (χ4v) is 3.86. The Kier molecular flexibility index (Phi) is 4.70. The topological polar surface area (TPSA) is 77.4 Å². The molecule has 0 aliphatic heterocycles. The van der Waals surface area contributed by atoms with Crippen LogP contribution in [0.4, 0.5) is 0 Å². The van der Waals surface area contributed by atoms with Gasteiger partial charge in [-0.1, -0.05) is 51.9 Å². The second kappa shape index (κ2) is 6.49. The maximum Gasteiger partial charge on any atom is 0.336 e. The fraction of sp³-hybridized carbons (Fsp3) is 0. The first-order chi connectivity index (χ1) is 9.59. The molecule has 0 saturated heterocycles. The maximum absolute atomic E-state index is 11.1. The van der Waals surface area contributed by atoms with Crippen LogP contribution in [0.3, 0.4) is 0 Å². The predicted octanol–water partition coefficient (Wildman–Crippen LogP) is 2.55. The molecule has 0 heterocycles. The van der Waals surface area contributed by atoms with Crippen molar-refractivity contribution in [2.75, 3.05) is 0 Å². The predicted molar refractivity (Wildman–Crippen MR) is 75.9 cm³/mol. The number of carboxylic acids is 2. The Morgan fingerprint density at radius 2 is 1.30 bits per heavy atom. The summed E-state index contributed by atoms with van der Waals surface area (Å²) in [6, 6.07) is 13.0. The Bertz CT molecular complexity index is 598. The summed E-state index contributed by atoms with van der Waals surface area (Å²) in [5.41, 5.74) is 0.286. The van der Waals surface area contributed by atoms with E-state index in [0.29, 0.717) is 9.79 Å². The summed E-state index contributed by atoms with van der Waals surface area (Å²) in [5.74, 6) is -2.26. The average molecular weight is 305 g/mol. The molecular weight excluding hydrogens is 296 g/mol. The van der Waals surface area contributed by atoms with Crippen LogP contribution in [-0.4, -0.2) is 17.0 Å². The van der Waals surface area contributed by atoms with Gasteiger partial charge >= 0.3 is 5.97 Å². The van der Waals surface area contributed by atoms with E-state index in [4.69, 9.17) is 5.11 Å². The van der Waals surface area contributed by atoms with E-state index in [-0.39, 0.29) is 11.1 Å². The fourth-order valence-electron chi connectivity index (χ4n) is 1.51. The van der Waals surface area contributed by atoms with E-state index in [2.05, 4.69) is 0 Å². The number of benzene rings is 2. The molecule has 0 atom stereocenters. The molecule has 0 amide bonds. The number of hydrogen-bond donors (Lipinski definition) is 1. The summed E-state index contributed by atoms with van der Waals surface area (Å²) in [7, 11) is 2.40. The summed E-state index contributed by atoms with van der Waals surface area (Å²) < 4.78 is 0. The molecule has 2 rings (SSSR count). The molecule has 20 heavy (non-hydrogen) atoms. The largest absolute Gasteiger partial charge is 0.545 e. The van der Waals surface area contributed by atoms with Crippen LogP contribution in [0.2, 0.25) is 0 Å². The summed E-state index contributed by atoms with van der Waals surface area (Å²) in [4.78, 5) is 23.2. The number of carboxylic acid groups (broad SMARTS) is 2. The van der Waals surface area contributed by atoms with Gasteiger partial charge in [0, 0.05) is 15.4 Å². The van der Waals surface area contributed by atoms with Gasteiger partial charge in [-0.25, -0.2) is 4.79 Å². The maximum atomic E-state index is 11.1. The van der Waals surface area contributed by atoms with Gasteiger partial charge in [-0.15, -0.1) is 0 Å². The van der Waals surface area contributed by atoms with Gasteiger partial charge in [0.2, 0.25) is 0 Å². The quantitative estimate of drug-likeness (QED) is 0.855. The molecule has 1 N–H and O–H groups in total. The third-order valence-electron chi connectivity index (χ3n) is 2.45. The first-order valence-corrected chi connectivity index (χ1v) is 7.72. The number of carbonyl (C=O) groups excluding carboxylic acids is 1. The van der Waals surface area contributed by atoms with E-state index >= 15 is 0 Å². The molecule has 0 bridgehead atoms. The standard InChI is InChI=1S/C14H10O4S2/c15-13(16)9-5-1-3-7-11(9)19-20-12-8-4-2-6-10(12)14(17)18/h1-8H,(H,15,16)(H,17,18)/p-1. The summed E-state index contributed by atoms with van der Waals surface area (Å²) in [6.45, 7) is 0. The van der Waals surface area contributed by atoms with Crippen molar-refractivity contribution in [1.29, 1.82) is 0 Å². The Balaban J connectivity index is 2.22. The van der Waals surface area contributed by atoms with Crippen LogP contribution in [0.1, 0.15) is 20.7 Å². The van der Waals surface area contributed by atoms with Crippen molar-refractivity contribution in [3.8, 4) is 0 Å². The van der Waals surface area contributed by atoms with Gasteiger partial charge in [-0.05, 0) is 18.2 Å². The molecule has 0 radical (unpaired) electrons. The highest BCUT2D eigenvalue weighted by Crippen LogP contribution is 2.40. The minimum Gasteiger partial charge on any atom is -0.545 e. The van der Waals surface area contributed by atoms with Crippen LogP contribution in [0, 0.1) is 0 Å². The molecule has 102 valence electrons. The minimum atomic E-state index is -1.25. The molecular formula is C14H9O4S2-. The third kappa shape index (κ3) is 3.34. The smallest absolute Gasteiger partial charge is 0.336 e. The zero-order valence-corrected chi connectivity index (χ0v) is 11.7. The molecule has 2 aromatic rings. The van der Waals surface area contributed by atoms with Gasteiger partial charge < -0.3 is 15.0 Å². The second-order valence-corrected chi connectivity index (χ2v) is 5.96. The van der Waals surface area contributed by atoms with Gasteiger partial charge in [-0.2, -0.15) is 0 Å². The lowest BCUT2D eigenvalue weighted by Gasteiger charge is -2.09. The number of rotatable bonds is 5. The lowest BCUT2D eigenvalue weighted by atomic mass is 10.2. The highest BCUT2D eigenvalue weighted by molar-refractivity contribution is 8.76. The van der Waals surface area contributed by atoms with Crippen LogP contribution >= 0.6 is 21.6 Å². The lowest BCUT2D eigenvalue weighted by molar-refractivity contribution is -0.255. The van der Waals surface area contributed by atoms with E-state index in [1.54, 1.807) is 36.4 Å². The van der Waals surface area contributed by atoms with Crippen LogP contribution in [0.15, 0.2) is 58.3 Å². The summed E-state index contributed by atoms with van der Waals surface area (Å²) in [5, 5.41) is 20.1. The Morgan fingerprint density at radius 1 is 0.850 bits per heavy atom.